The van der Waals surface area contributed by atoms with E-state index in [1.54, 1.807) is 5.43 Å². The predicted octanol–water partition coefficient (Wildman–Crippen LogP) is 0.459. The van der Waals surface area contributed by atoms with Crippen LogP contribution in [0.2, 0.25) is 0 Å². The normalized spacial score (nSPS) is 16.3. The summed E-state index contributed by atoms with van der Waals surface area (Å²) in [6, 6.07) is 0. The van der Waals surface area contributed by atoms with E-state index in [9.17, 15) is 26.3 Å². The van der Waals surface area contributed by atoms with Crippen molar-refractivity contribution in [2.75, 3.05) is 7.05 Å². The number of nitrogens with one attached hydrogen (secondary N) is 3. The molecule has 98 valence electrons. The Hall–Kier alpha value is -0.580. The lowest BCUT2D eigenvalue weighted by molar-refractivity contribution is -0.309. The molecule has 16 heavy (non-hydrogen) atoms. The Labute approximate surface area is 87.0 Å². The molecule has 0 aliphatic carbocycles. The van der Waals surface area contributed by atoms with E-state index in [0.29, 0.717) is 0 Å². The molecule has 1 atom stereocenters. The predicted molar refractivity (Wildman–Crippen MR) is 41.9 cm³/mol. The number of aliphatic hydroxyl groups is 1. The second-order valence-electron chi connectivity index (χ2n) is 3.06. The van der Waals surface area contributed by atoms with Gasteiger partial charge in [0.2, 0.25) is 5.54 Å². The van der Waals surface area contributed by atoms with E-state index in [1.807, 2.05) is 5.43 Å². The van der Waals surface area contributed by atoms with Crippen molar-refractivity contribution in [1.29, 1.82) is 0 Å². The van der Waals surface area contributed by atoms with Crippen molar-refractivity contribution in [3.8, 4) is 0 Å². The molecule has 0 aliphatic rings. The highest BCUT2D eigenvalue weighted by atomic mass is 19.4. The first kappa shape index (κ1) is 15.4. The largest absolute Gasteiger partial charge is 0.415 e. The van der Waals surface area contributed by atoms with Crippen LogP contribution < -0.4 is 16.2 Å². The third-order valence-corrected chi connectivity index (χ3v) is 1.84. The molecule has 0 bridgehead atoms. The number of hydrogen-bond donors (Lipinski definition) is 4. The molecule has 0 saturated heterocycles. The highest BCUT2D eigenvalue weighted by molar-refractivity contribution is 4.97. The van der Waals surface area contributed by atoms with Crippen LogP contribution in [0.3, 0.4) is 0 Å². The molecular weight excluding hydrogens is 244 g/mol. The summed E-state index contributed by atoms with van der Waals surface area (Å²) < 4.78 is 73.6. The van der Waals surface area contributed by atoms with E-state index in [1.165, 1.54) is 7.05 Å². The van der Waals surface area contributed by atoms with Crippen LogP contribution in [0.25, 0.3) is 0 Å². The second kappa shape index (κ2) is 4.73. The Bertz CT molecular complexity index is 213. The van der Waals surface area contributed by atoms with E-state index in [4.69, 9.17) is 5.11 Å². The summed E-state index contributed by atoms with van der Waals surface area (Å²) in [6.45, 7) is -0.104. The quantitative estimate of drug-likeness (QED) is 0.335. The highest BCUT2D eigenvalue weighted by Crippen LogP contribution is 2.42. The molecule has 0 aromatic carbocycles. The zero-order valence-corrected chi connectivity index (χ0v) is 8.29. The Morgan fingerprint density at radius 2 is 1.38 bits per heavy atom. The Balaban J connectivity index is 4.98. The van der Waals surface area contributed by atoms with Crippen molar-refractivity contribution < 1.29 is 31.4 Å². The highest BCUT2D eigenvalue weighted by Gasteiger charge is 2.68. The molecule has 0 heterocycles. The second-order valence-corrected chi connectivity index (χ2v) is 3.06. The van der Waals surface area contributed by atoms with Crippen molar-refractivity contribution >= 4 is 0 Å². The summed E-state index contributed by atoms with van der Waals surface area (Å²) in [5.74, 6) is 0. The SMILES string of the molecule is CNNC(O)NC(C)(C(F)(F)F)C(F)(F)F. The van der Waals surface area contributed by atoms with Gasteiger partial charge in [-0.05, 0) is 14.0 Å². The van der Waals surface area contributed by atoms with Crippen LogP contribution >= 0.6 is 0 Å². The van der Waals surface area contributed by atoms with Gasteiger partial charge in [-0.15, -0.1) is 0 Å². The van der Waals surface area contributed by atoms with Gasteiger partial charge in [-0.25, -0.2) is 5.43 Å². The third kappa shape index (κ3) is 3.20. The molecule has 1 unspecified atom stereocenters. The average molecular weight is 255 g/mol. The number of rotatable bonds is 4. The summed E-state index contributed by atoms with van der Waals surface area (Å²) in [7, 11) is 1.17. The minimum absolute atomic E-state index is 0.104. The summed E-state index contributed by atoms with van der Waals surface area (Å²) in [4.78, 5) is 0. The van der Waals surface area contributed by atoms with Crippen LogP contribution in [0.5, 0.6) is 0 Å². The Morgan fingerprint density at radius 1 is 1.00 bits per heavy atom. The van der Waals surface area contributed by atoms with E-state index >= 15 is 0 Å². The lowest BCUT2D eigenvalue weighted by atomic mass is 10.0. The van der Waals surface area contributed by atoms with Crippen LogP contribution in [-0.4, -0.2) is 36.4 Å². The number of hydrazine groups is 1. The van der Waals surface area contributed by atoms with E-state index in [2.05, 4.69) is 0 Å². The molecule has 0 aliphatic heterocycles. The lowest BCUT2D eigenvalue weighted by Gasteiger charge is -2.36. The van der Waals surface area contributed by atoms with Gasteiger partial charge in [0, 0.05) is 0 Å². The van der Waals surface area contributed by atoms with Gasteiger partial charge in [0.15, 0.2) is 6.35 Å². The number of halogens is 6. The summed E-state index contributed by atoms with van der Waals surface area (Å²) in [5.41, 5.74) is -0.470. The van der Waals surface area contributed by atoms with Crippen LogP contribution in [0.1, 0.15) is 6.92 Å². The van der Waals surface area contributed by atoms with Gasteiger partial charge < -0.3 is 5.11 Å². The van der Waals surface area contributed by atoms with Gasteiger partial charge in [0.1, 0.15) is 0 Å². The van der Waals surface area contributed by atoms with Crippen molar-refractivity contribution in [3.63, 3.8) is 0 Å². The van der Waals surface area contributed by atoms with Crippen LogP contribution in [0, 0.1) is 0 Å². The average Bonchev–Trinajstić information content (AvgIpc) is 1.99. The number of alkyl halides is 6. The minimum Gasteiger partial charge on any atom is -0.364 e. The molecule has 0 amide bonds. The first-order chi connectivity index (χ1) is 6.95. The third-order valence-electron chi connectivity index (χ3n) is 1.84. The first-order valence-electron chi connectivity index (χ1n) is 3.97. The molecule has 0 aromatic rings. The maximum Gasteiger partial charge on any atom is 0.415 e. The zero-order valence-electron chi connectivity index (χ0n) is 8.29. The summed E-state index contributed by atoms with van der Waals surface area (Å²) in [6.07, 6.45) is -13.4. The lowest BCUT2D eigenvalue weighted by Crippen LogP contribution is -2.69. The van der Waals surface area contributed by atoms with Crippen LogP contribution in [-0.2, 0) is 0 Å². The van der Waals surface area contributed by atoms with Gasteiger partial charge >= 0.3 is 12.4 Å². The van der Waals surface area contributed by atoms with Gasteiger partial charge in [-0.2, -0.15) is 26.3 Å². The molecule has 0 aromatic heterocycles. The maximum atomic E-state index is 12.3. The molecule has 0 rings (SSSR count). The van der Waals surface area contributed by atoms with Crippen molar-refractivity contribution in [2.24, 2.45) is 0 Å². The number of aliphatic hydroxyl groups excluding tert-OH is 1. The molecule has 0 radical (unpaired) electrons. The topological polar surface area (TPSA) is 56.3 Å². The van der Waals surface area contributed by atoms with E-state index in [-0.39, 0.29) is 6.92 Å². The summed E-state index contributed by atoms with van der Waals surface area (Å²) >= 11 is 0. The maximum absolute atomic E-state index is 12.3. The molecule has 4 N–H and O–H groups in total. The van der Waals surface area contributed by atoms with Crippen LogP contribution in [0.15, 0.2) is 0 Å². The van der Waals surface area contributed by atoms with Gasteiger partial charge in [0.05, 0.1) is 0 Å². The first-order valence-corrected chi connectivity index (χ1v) is 3.97. The molecule has 0 fully saturated rings. The van der Waals surface area contributed by atoms with Crippen molar-refractivity contribution in [3.05, 3.63) is 0 Å². The monoisotopic (exact) mass is 255 g/mol. The molecule has 0 spiro atoms. The minimum atomic E-state index is -5.60. The Morgan fingerprint density at radius 3 is 1.62 bits per heavy atom. The molecular formula is C6H11F6N3O. The fraction of sp³-hybridized carbons (Fsp3) is 1.00. The standard InChI is InChI=1S/C6H11F6N3O/c1-4(5(7,8)9,6(10,11)12)14-3(16)15-13-2/h3,13-16H,1-2H3. The Kier molecular flexibility index (Phi) is 4.56. The van der Waals surface area contributed by atoms with Crippen molar-refractivity contribution in [1.82, 2.24) is 16.2 Å². The van der Waals surface area contributed by atoms with Gasteiger partial charge in [-0.1, -0.05) is 0 Å². The zero-order chi connectivity index (χ0) is 13.2. The van der Waals surface area contributed by atoms with E-state index < -0.39 is 24.2 Å². The molecule has 0 saturated carbocycles. The fourth-order valence-electron chi connectivity index (χ4n) is 0.771. The summed E-state index contributed by atoms with van der Waals surface area (Å²) in [5, 5.41) is 9.83. The van der Waals surface area contributed by atoms with Crippen molar-refractivity contribution in [2.45, 2.75) is 31.2 Å². The number of hydrogen-bond acceptors (Lipinski definition) is 4. The molecule has 4 nitrogen and oxygen atoms in total. The van der Waals surface area contributed by atoms with E-state index in [0.717, 1.165) is 5.32 Å². The fourth-order valence-corrected chi connectivity index (χ4v) is 0.771. The smallest absolute Gasteiger partial charge is 0.364 e. The molecule has 10 heteroatoms. The van der Waals surface area contributed by atoms with Crippen LogP contribution in [0.4, 0.5) is 26.3 Å². The van der Waals surface area contributed by atoms with Gasteiger partial charge in [0.25, 0.3) is 0 Å². The van der Waals surface area contributed by atoms with Gasteiger partial charge in [-0.3, -0.25) is 10.7 Å².